The summed E-state index contributed by atoms with van der Waals surface area (Å²) in [5, 5.41) is 0. The van der Waals surface area contributed by atoms with Gasteiger partial charge in [0, 0.05) is 19.1 Å². The first-order valence-electron chi connectivity index (χ1n) is 6.61. The van der Waals surface area contributed by atoms with Crippen molar-refractivity contribution in [2.45, 2.75) is 13.0 Å². The Labute approximate surface area is 114 Å². The third-order valence-corrected chi connectivity index (χ3v) is 3.42. The van der Waals surface area contributed by atoms with Crippen LogP contribution in [0.3, 0.4) is 0 Å². The lowest BCUT2D eigenvalue weighted by atomic mass is 10.0. The zero-order valence-corrected chi connectivity index (χ0v) is 11.6. The number of hydrogen-bond acceptors (Lipinski definition) is 4. The van der Waals surface area contributed by atoms with Crippen LogP contribution in [0.4, 0.5) is 0 Å². The fourth-order valence-electron chi connectivity index (χ4n) is 2.28. The molecular formula is C15H21NO3. The van der Waals surface area contributed by atoms with Gasteiger partial charge < -0.3 is 9.47 Å². The number of carbonyl (C=O) groups excluding carboxylic acids is 1. The first-order chi connectivity index (χ1) is 9.19. The van der Waals surface area contributed by atoms with Gasteiger partial charge in [-0.05, 0) is 31.2 Å². The number of likely N-dealkylation sites (N-methyl/N-ethyl adjacent to an activating group) is 1. The molecule has 1 aliphatic rings. The van der Waals surface area contributed by atoms with Crippen LogP contribution >= 0.6 is 0 Å². The molecule has 4 heteroatoms. The Morgan fingerprint density at radius 2 is 2.16 bits per heavy atom. The van der Waals surface area contributed by atoms with Crippen molar-refractivity contribution in [2.24, 2.45) is 5.92 Å². The fraction of sp³-hybridized carbons (Fsp3) is 0.533. The number of nitrogens with zero attached hydrogens (tertiary/aromatic N) is 1. The van der Waals surface area contributed by atoms with Crippen LogP contribution in [-0.4, -0.2) is 44.6 Å². The van der Waals surface area contributed by atoms with E-state index in [1.807, 2.05) is 36.2 Å². The third kappa shape index (κ3) is 4.04. The van der Waals surface area contributed by atoms with Crippen molar-refractivity contribution in [2.75, 3.05) is 33.9 Å². The minimum Gasteiger partial charge on any atom is -0.497 e. The summed E-state index contributed by atoms with van der Waals surface area (Å²) >= 11 is 0. The maximum atomic E-state index is 12.0. The lowest BCUT2D eigenvalue weighted by Crippen LogP contribution is -2.30. The number of hydrogen-bond donors (Lipinski definition) is 0. The first-order valence-corrected chi connectivity index (χ1v) is 6.61. The molecule has 0 saturated carbocycles. The molecule has 1 heterocycles. The highest BCUT2D eigenvalue weighted by Crippen LogP contribution is 2.15. The van der Waals surface area contributed by atoms with Gasteiger partial charge in [0.15, 0.2) is 5.78 Å². The van der Waals surface area contributed by atoms with Gasteiger partial charge in [-0.15, -0.1) is 0 Å². The number of methoxy groups -OCH3 is 1. The third-order valence-electron chi connectivity index (χ3n) is 3.42. The minimum atomic E-state index is 0.0957. The van der Waals surface area contributed by atoms with Gasteiger partial charge in [0.1, 0.15) is 5.75 Å². The van der Waals surface area contributed by atoms with Gasteiger partial charge in [-0.2, -0.15) is 0 Å². The van der Waals surface area contributed by atoms with E-state index < -0.39 is 0 Å². The second kappa shape index (κ2) is 6.68. The van der Waals surface area contributed by atoms with E-state index >= 15 is 0 Å². The molecular weight excluding hydrogens is 242 g/mol. The van der Waals surface area contributed by atoms with E-state index in [9.17, 15) is 4.79 Å². The van der Waals surface area contributed by atoms with E-state index in [0.29, 0.717) is 13.2 Å². The quantitative estimate of drug-likeness (QED) is 0.783. The summed E-state index contributed by atoms with van der Waals surface area (Å²) in [5.41, 5.74) is 1.18. The number of Topliss-reactive ketones (excluding diaryl/α,β-unsaturated/α-hetero) is 1. The molecule has 0 amide bonds. The molecule has 0 bridgehead atoms. The van der Waals surface area contributed by atoms with E-state index in [1.54, 1.807) is 7.11 Å². The molecule has 1 atom stereocenters. The van der Waals surface area contributed by atoms with Crippen molar-refractivity contribution in [1.29, 1.82) is 0 Å². The van der Waals surface area contributed by atoms with Crippen LogP contribution in [0.1, 0.15) is 12.0 Å². The predicted molar refractivity (Wildman–Crippen MR) is 73.3 cm³/mol. The van der Waals surface area contributed by atoms with E-state index in [4.69, 9.17) is 9.47 Å². The van der Waals surface area contributed by atoms with Gasteiger partial charge in [-0.25, -0.2) is 0 Å². The van der Waals surface area contributed by atoms with E-state index in [2.05, 4.69) is 0 Å². The minimum absolute atomic E-state index is 0.0957. The zero-order chi connectivity index (χ0) is 13.7. The molecule has 1 aromatic rings. The van der Waals surface area contributed by atoms with E-state index in [0.717, 1.165) is 25.3 Å². The number of rotatable bonds is 6. The van der Waals surface area contributed by atoms with Crippen LogP contribution in [0.2, 0.25) is 0 Å². The Morgan fingerprint density at radius 1 is 1.42 bits per heavy atom. The second-order valence-electron chi connectivity index (χ2n) is 5.05. The molecule has 1 unspecified atom stereocenters. The Hall–Kier alpha value is -1.39. The number of benzene rings is 1. The Bertz CT molecular complexity index is 410. The van der Waals surface area contributed by atoms with E-state index in [-0.39, 0.29) is 11.7 Å². The van der Waals surface area contributed by atoms with Crippen LogP contribution < -0.4 is 4.74 Å². The molecule has 1 aliphatic heterocycles. The summed E-state index contributed by atoms with van der Waals surface area (Å²) in [5.74, 6) is 1.23. The van der Waals surface area contributed by atoms with Crippen molar-refractivity contribution >= 4 is 5.78 Å². The number of ether oxygens (including phenoxy) is 2. The highest BCUT2D eigenvalue weighted by molar-refractivity contribution is 5.83. The highest BCUT2D eigenvalue weighted by Gasteiger charge is 2.23. The summed E-state index contributed by atoms with van der Waals surface area (Å²) < 4.78 is 10.4. The summed E-state index contributed by atoms with van der Waals surface area (Å²) in [6, 6.07) is 7.93. The molecule has 0 aromatic heterocycles. The van der Waals surface area contributed by atoms with Gasteiger partial charge in [0.2, 0.25) is 0 Å². The lowest BCUT2D eigenvalue weighted by molar-refractivity contribution is -0.123. The summed E-state index contributed by atoms with van der Waals surface area (Å²) in [4.78, 5) is 14.0. The Morgan fingerprint density at radius 3 is 2.74 bits per heavy atom. The molecule has 0 spiro atoms. The maximum absolute atomic E-state index is 12.0. The summed E-state index contributed by atoms with van der Waals surface area (Å²) in [7, 11) is 3.63. The Balaban J connectivity index is 1.82. The van der Waals surface area contributed by atoms with Crippen molar-refractivity contribution in [3.63, 3.8) is 0 Å². The normalized spacial score (nSPS) is 18.8. The van der Waals surface area contributed by atoms with Crippen molar-refractivity contribution < 1.29 is 14.3 Å². The van der Waals surface area contributed by atoms with Crippen LogP contribution in [0.5, 0.6) is 5.75 Å². The molecule has 0 radical (unpaired) electrons. The molecule has 4 nitrogen and oxygen atoms in total. The summed E-state index contributed by atoms with van der Waals surface area (Å²) in [6.07, 6.45) is 0.870. The SMILES string of the molecule is COc1ccc(CN(C)CC(=O)C2CCOC2)cc1. The van der Waals surface area contributed by atoms with Crippen molar-refractivity contribution in [3.05, 3.63) is 29.8 Å². The van der Waals surface area contributed by atoms with Crippen LogP contribution in [0.25, 0.3) is 0 Å². The molecule has 1 saturated heterocycles. The smallest absolute Gasteiger partial charge is 0.152 e. The standard InChI is InChI=1S/C15H21NO3/c1-16(10-15(17)13-7-8-19-11-13)9-12-3-5-14(18-2)6-4-12/h3-6,13H,7-11H2,1-2H3. The molecule has 1 aromatic carbocycles. The second-order valence-corrected chi connectivity index (χ2v) is 5.05. The summed E-state index contributed by atoms with van der Waals surface area (Å²) in [6.45, 7) is 2.57. The van der Waals surface area contributed by atoms with Crippen molar-refractivity contribution in [1.82, 2.24) is 4.90 Å². The highest BCUT2D eigenvalue weighted by atomic mass is 16.5. The largest absolute Gasteiger partial charge is 0.497 e. The predicted octanol–water partition coefficient (Wildman–Crippen LogP) is 1.73. The lowest BCUT2D eigenvalue weighted by Gasteiger charge is -2.17. The van der Waals surface area contributed by atoms with Gasteiger partial charge in [-0.3, -0.25) is 9.69 Å². The van der Waals surface area contributed by atoms with Crippen LogP contribution in [0.15, 0.2) is 24.3 Å². The fourth-order valence-corrected chi connectivity index (χ4v) is 2.28. The Kier molecular flexibility index (Phi) is 4.93. The molecule has 1 fully saturated rings. The molecule has 104 valence electrons. The van der Waals surface area contributed by atoms with Gasteiger partial charge >= 0.3 is 0 Å². The molecule has 0 N–H and O–H groups in total. The first kappa shape index (κ1) is 14.0. The average Bonchev–Trinajstić information content (AvgIpc) is 2.93. The average molecular weight is 263 g/mol. The topological polar surface area (TPSA) is 38.8 Å². The van der Waals surface area contributed by atoms with Gasteiger partial charge in [0.25, 0.3) is 0 Å². The maximum Gasteiger partial charge on any atom is 0.152 e. The van der Waals surface area contributed by atoms with Gasteiger partial charge in [0.05, 0.1) is 20.3 Å². The van der Waals surface area contributed by atoms with Crippen LogP contribution in [0, 0.1) is 5.92 Å². The van der Waals surface area contributed by atoms with Gasteiger partial charge in [-0.1, -0.05) is 12.1 Å². The zero-order valence-electron chi connectivity index (χ0n) is 11.6. The molecule has 19 heavy (non-hydrogen) atoms. The monoisotopic (exact) mass is 263 g/mol. The number of carbonyl (C=O) groups is 1. The van der Waals surface area contributed by atoms with Crippen molar-refractivity contribution in [3.8, 4) is 5.75 Å². The number of ketones is 1. The van der Waals surface area contributed by atoms with Crippen LogP contribution in [-0.2, 0) is 16.1 Å². The van der Waals surface area contributed by atoms with E-state index in [1.165, 1.54) is 5.56 Å². The molecule has 0 aliphatic carbocycles. The molecule has 2 rings (SSSR count).